The van der Waals surface area contributed by atoms with Crippen LogP contribution in [0.1, 0.15) is 129 Å². The Balaban J connectivity index is 0.000000327. The van der Waals surface area contributed by atoms with Gasteiger partial charge in [0.2, 0.25) is 0 Å². The standard InChI is InChI=1S/C12H15N.C11H10N2.C11H13N.C11H16/c1-8(2)12-9(3)6-11(13-5)7-10(12)4;1-8(2)9-5-6-10(12-3)11(7-9)13-4;1-8(2)10-6-5-9(3)11(7-10)12-4;1-8(2)11-6-5-9(3)7-10(11)4/h6-8H,1-4H3;5-8H,1-2H3;5-8H,1-3H3;5-8H,1-4H3. The van der Waals surface area contributed by atoms with E-state index < -0.39 is 0 Å². The van der Waals surface area contributed by atoms with Crippen LogP contribution in [0.15, 0.2) is 66.7 Å². The summed E-state index contributed by atoms with van der Waals surface area (Å²) >= 11 is 0. The number of aryl methyl sites for hydroxylation is 5. The number of hydrogen-bond donors (Lipinski definition) is 0. The first-order chi connectivity index (χ1) is 23.0. The fourth-order valence-corrected chi connectivity index (χ4v) is 5.59. The second-order valence-electron chi connectivity index (χ2n) is 13.7. The maximum atomic E-state index is 6.95. The monoisotopic (exact) mass is 650 g/mol. The van der Waals surface area contributed by atoms with Crippen LogP contribution >= 0.6 is 0 Å². The van der Waals surface area contributed by atoms with Crippen LogP contribution in [0, 0.1) is 60.9 Å². The molecule has 0 saturated heterocycles. The van der Waals surface area contributed by atoms with Crippen molar-refractivity contribution in [1.29, 1.82) is 0 Å². The van der Waals surface area contributed by atoms with E-state index in [4.69, 9.17) is 26.3 Å². The molecule has 0 heterocycles. The average Bonchev–Trinajstić information content (AvgIpc) is 3.04. The van der Waals surface area contributed by atoms with Crippen molar-refractivity contribution in [2.75, 3.05) is 0 Å². The molecule has 4 nitrogen and oxygen atoms in total. The molecular formula is C45H54N4. The molecule has 0 amide bonds. The van der Waals surface area contributed by atoms with Crippen molar-refractivity contribution in [3.05, 3.63) is 162 Å². The van der Waals surface area contributed by atoms with Crippen molar-refractivity contribution in [3.63, 3.8) is 0 Å². The Bertz CT molecular complexity index is 1840. The van der Waals surface area contributed by atoms with Crippen molar-refractivity contribution in [2.45, 2.75) is 114 Å². The van der Waals surface area contributed by atoms with Crippen molar-refractivity contribution < 1.29 is 0 Å². The van der Waals surface area contributed by atoms with Gasteiger partial charge in [0.25, 0.3) is 0 Å². The van der Waals surface area contributed by atoms with E-state index in [2.05, 4.69) is 127 Å². The van der Waals surface area contributed by atoms with E-state index in [0.29, 0.717) is 35.0 Å². The molecule has 0 fully saturated rings. The lowest BCUT2D eigenvalue weighted by atomic mass is 9.93. The molecule has 254 valence electrons. The van der Waals surface area contributed by atoms with Gasteiger partial charge in [-0.3, -0.25) is 9.69 Å². The number of nitrogens with zero attached hydrogens (tertiary/aromatic N) is 4. The molecule has 0 spiro atoms. The highest BCUT2D eigenvalue weighted by Gasteiger charge is 2.08. The lowest BCUT2D eigenvalue weighted by Gasteiger charge is -2.13. The van der Waals surface area contributed by atoms with Gasteiger partial charge in [0.15, 0.2) is 22.7 Å². The van der Waals surface area contributed by atoms with Gasteiger partial charge in [-0.25, -0.2) is 9.69 Å². The zero-order chi connectivity index (χ0) is 37.4. The SMILES string of the molecule is Cc1ccc(C(C)C)c(C)c1.[C-]#[N+]c1cc(C(C)C)ccc1C.[C-]#[N+]c1cc(C)c(C(C)C)c(C)c1.[C-]#[N+]c1ccc(C(C)C)cc1[N+]#[C-]. The predicted octanol–water partition coefficient (Wildman–Crippen LogP) is 15.0. The molecule has 4 rings (SSSR count). The third-order valence-corrected chi connectivity index (χ3v) is 8.26. The molecule has 0 aromatic heterocycles. The molecule has 0 aliphatic carbocycles. The second kappa shape index (κ2) is 20.3. The summed E-state index contributed by atoms with van der Waals surface area (Å²) in [5.41, 5.74) is 13.9. The highest BCUT2D eigenvalue weighted by molar-refractivity contribution is 5.71. The molecule has 0 unspecified atom stereocenters. The summed E-state index contributed by atoms with van der Waals surface area (Å²) in [6, 6.07) is 22.1. The molecule has 0 aliphatic rings. The fraction of sp³-hybridized carbons (Fsp3) is 0.378. The van der Waals surface area contributed by atoms with Crippen LogP contribution in [-0.4, -0.2) is 0 Å². The molecule has 0 saturated carbocycles. The Kier molecular flexibility index (Phi) is 17.3. The lowest BCUT2D eigenvalue weighted by molar-refractivity contribution is 0.847. The minimum Gasteiger partial charge on any atom is -0.250 e. The van der Waals surface area contributed by atoms with E-state index in [1.165, 1.54) is 38.9 Å². The lowest BCUT2D eigenvalue weighted by Crippen LogP contribution is -1.95. The Hall–Kier alpha value is -5.16. The molecule has 4 aromatic rings. The summed E-state index contributed by atoms with van der Waals surface area (Å²) in [6.07, 6.45) is 0. The Morgan fingerprint density at radius 3 is 1.31 bits per heavy atom. The zero-order valence-corrected chi connectivity index (χ0v) is 31.9. The van der Waals surface area contributed by atoms with Crippen LogP contribution in [0.25, 0.3) is 19.4 Å². The van der Waals surface area contributed by atoms with Crippen molar-refractivity contribution in [2.24, 2.45) is 0 Å². The van der Waals surface area contributed by atoms with Gasteiger partial charge in [0, 0.05) is 0 Å². The molecule has 4 heteroatoms. The summed E-state index contributed by atoms with van der Waals surface area (Å²) in [5.74, 6) is 2.10. The van der Waals surface area contributed by atoms with Gasteiger partial charge < -0.3 is 0 Å². The first kappa shape index (κ1) is 41.9. The van der Waals surface area contributed by atoms with Crippen molar-refractivity contribution in [3.8, 4) is 0 Å². The normalized spacial score (nSPS) is 9.98. The molecule has 0 bridgehead atoms. The minimum absolute atomic E-state index is 0.403. The van der Waals surface area contributed by atoms with Gasteiger partial charge in [-0.2, -0.15) is 0 Å². The summed E-state index contributed by atoms with van der Waals surface area (Å²) in [5, 5.41) is 0. The van der Waals surface area contributed by atoms with Gasteiger partial charge in [-0.1, -0.05) is 150 Å². The van der Waals surface area contributed by atoms with Crippen LogP contribution in [0.5, 0.6) is 0 Å². The first-order valence-corrected chi connectivity index (χ1v) is 16.9. The van der Waals surface area contributed by atoms with Gasteiger partial charge in [0.1, 0.15) is 0 Å². The van der Waals surface area contributed by atoms with Crippen molar-refractivity contribution in [1.82, 2.24) is 0 Å². The van der Waals surface area contributed by atoms with E-state index in [9.17, 15) is 0 Å². The van der Waals surface area contributed by atoms with Gasteiger partial charge >= 0.3 is 0 Å². The third-order valence-electron chi connectivity index (χ3n) is 8.26. The highest BCUT2D eigenvalue weighted by atomic mass is 14.7. The van der Waals surface area contributed by atoms with E-state index in [-0.39, 0.29) is 0 Å². The number of benzene rings is 4. The summed E-state index contributed by atoms with van der Waals surface area (Å²) in [6.45, 7) is 55.3. The number of hydrogen-bond acceptors (Lipinski definition) is 0. The minimum atomic E-state index is 0.403. The van der Waals surface area contributed by atoms with E-state index in [1.54, 1.807) is 12.1 Å². The molecule has 49 heavy (non-hydrogen) atoms. The molecule has 4 aromatic carbocycles. The summed E-state index contributed by atoms with van der Waals surface area (Å²) < 4.78 is 0. The smallest absolute Gasteiger partial charge is 0.194 e. The fourth-order valence-electron chi connectivity index (χ4n) is 5.59. The zero-order valence-electron chi connectivity index (χ0n) is 31.9. The highest BCUT2D eigenvalue weighted by Crippen LogP contribution is 2.31. The Labute approximate surface area is 298 Å². The summed E-state index contributed by atoms with van der Waals surface area (Å²) in [4.78, 5) is 13.5. The molecule has 0 N–H and O–H groups in total. The maximum Gasteiger partial charge on any atom is 0.194 e. The molecular weight excluding hydrogens is 597 g/mol. The van der Waals surface area contributed by atoms with E-state index in [1.807, 2.05) is 37.3 Å². The van der Waals surface area contributed by atoms with Crippen LogP contribution in [-0.2, 0) is 0 Å². The molecule has 0 aliphatic heterocycles. The third kappa shape index (κ3) is 13.1. The van der Waals surface area contributed by atoms with Crippen LogP contribution < -0.4 is 0 Å². The van der Waals surface area contributed by atoms with E-state index in [0.717, 1.165) is 22.5 Å². The number of rotatable bonds is 4. The average molecular weight is 651 g/mol. The van der Waals surface area contributed by atoms with E-state index >= 15 is 0 Å². The van der Waals surface area contributed by atoms with Gasteiger partial charge in [-0.15, -0.1) is 0 Å². The largest absolute Gasteiger partial charge is 0.250 e. The Morgan fingerprint density at radius 1 is 0.408 bits per heavy atom. The first-order valence-electron chi connectivity index (χ1n) is 16.9. The second-order valence-corrected chi connectivity index (χ2v) is 13.7. The van der Waals surface area contributed by atoms with Gasteiger partial charge in [-0.05, 0) is 80.5 Å². The predicted molar refractivity (Wildman–Crippen MR) is 211 cm³/mol. The quantitative estimate of drug-likeness (QED) is 0.196. The van der Waals surface area contributed by atoms with Crippen LogP contribution in [0.3, 0.4) is 0 Å². The van der Waals surface area contributed by atoms with Crippen molar-refractivity contribution >= 4 is 22.7 Å². The summed E-state index contributed by atoms with van der Waals surface area (Å²) in [7, 11) is 0. The molecule has 0 atom stereocenters. The van der Waals surface area contributed by atoms with Crippen LogP contribution in [0.4, 0.5) is 22.7 Å². The van der Waals surface area contributed by atoms with Crippen LogP contribution in [0.2, 0.25) is 0 Å². The topological polar surface area (TPSA) is 17.4 Å². The van der Waals surface area contributed by atoms with Gasteiger partial charge in [0.05, 0.1) is 26.3 Å². The molecule has 0 radical (unpaired) electrons. The Morgan fingerprint density at radius 2 is 0.898 bits per heavy atom. The maximum absolute atomic E-state index is 6.95.